The largest absolute Gasteiger partial charge is 0.452 e. The second kappa shape index (κ2) is 8.60. The molecule has 0 saturated heterocycles. The molecule has 3 aromatic carbocycles. The molecule has 38 heavy (non-hydrogen) atoms. The number of furan rings is 1. The number of para-hydroxylation sites is 2. The van der Waals surface area contributed by atoms with E-state index in [9.17, 15) is 9.18 Å². The molecule has 0 radical (unpaired) electrons. The van der Waals surface area contributed by atoms with Crippen molar-refractivity contribution in [2.24, 2.45) is 0 Å². The third kappa shape index (κ3) is 3.63. The Labute approximate surface area is 218 Å². The van der Waals surface area contributed by atoms with Crippen LogP contribution in [0.5, 0.6) is 0 Å². The molecule has 184 valence electrons. The molecule has 0 amide bonds. The molecule has 0 saturated carbocycles. The zero-order chi connectivity index (χ0) is 25.8. The molecule has 0 bridgehead atoms. The van der Waals surface area contributed by atoms with E-state index in [1.807, 2.05) is 67.7 Å². The van der Waals surface area contributed by atoms with Gasteiger partial charge in [0.15, 0.2) is 5.76 Å². The lowest BCUT2D eigenvalue weighted by Crippen LogP contribution is -2.23. The van der Waals surface area contributed by atoms with Gasteiger partial charge in [-0.05, 0) is 55.5 Å². The molecule has 4 heterocycles. The maximum absolute atomic E-state index is 13.6. The summed E-state index contributed by atoms with van der Waals surface area (Å²) in [5.74, 6) is 0.594. The fourth-order valence-electron chi connectivity index (χ4n) is 4.50. The van der Waals surface area contributed by atoms with Gasteiger partial charge in [0.25, 0.3) is 5.56 Å². The van der Waals surface area contributed by atoms with Crippen LogP contribution in [0.25, 0.3) is 50.5 Å². The molecule has 0 atom stereocenters. The van der Waals surface area contributed by atoms with E-state index in [0.717, 1.165) is 33.3 Å². The second-order valence-corrected chi connectivity index (χ2v) is 9.83. The number of benzene rings is 3. The quantitative estimate of drug-likeness (QED) is 0.311. The van der Waals surface area contributed by atoms with Gasteiger partial charge in [0.2, 0.25) is 10.8 Å². The molecule has 0 spiro atoms. The molecular formula is C29H18FN5O2S. The normalized spacial score (nSPS) is 12.2. The van der Waals surface area contributed by atoms with E-state index in [0.29, 0.717) is 26.8 Å². The van der Waals surface area contributed by atoms with Gasteiger partial charge in [-0.15, -0.1) is 5.10 Å². The van der Waals surface area contributed by atoms with Gasteiger partial charge in [0.05, 0.1) is 10.2 Å². The van der Waals surface area contributed by atoms with Gasteiger partial charge in [-0.25, -0.2) is 9.07 Å². The highest BCUT2D eigenvalue weighted by Gasteiger charge is 2.19. The van der Waals surface area contributed by atoms with Crippen molar-refractivity contribution in [3.05, 3.63) is 117 Å². The van der Waals surface area contributed by atoms with Crippen LogP contribution >= 0.6 is 11.3 Å². The van der Waals surface area contributed by atoms with E-state index in [1.54, 1.807) is 22.9 Å². The highest BCUT2D eigenvalue weighted by molar-refractivity contribution is 7.15. The lowest BCUT2D eigenvalue weighted by atomic mass is 10.1. The van der Waals surface area contributed by atoms with Crippen molar-refractivity contribution in [2.75, 3.05) is 0 Å². The Kier molecular flexibility index (Phi) is 5.05. The highest BCUT2D eigenvalue weighted by atomic mass is 32.1. The van der Waals surface area contributed by atoms with E-state index < -0.39 is 0 Å². The third-order valence-electron chi connectivity index (χ3n) is 6.40. The monoisotopic (exact) mass is 519 g/mol. The minimum Gasteiger partial charge on any atom is -0.452 e. The summed E-state index contributed by atoms with van der Waals surface area (Å²) in [6.45, 7) is 1.95. The van der Waals surface area contributed by atoms with Crippen molar-refractivity contribution >= 4 is 33.3 Å². The summed E-state index contributed by atoms with van der Waals surface area (Å²) in [6, 6.07) is 23.5. The molecule has 7 nitrogen and oxygen atoms in total. The van der Waals surface area contributed by atoms with Crippen molar-refractivity contribution in [3.8, 4) is 28.5 Å². The van der Waals surface area contributed by atoms with Gasteiger partial charge in [-0.2, -0.15) is 14.6 Å². The summed E-state index contributed by atoms with van der Waals surface area (Å²) in [5.41, 5.74) is 4.35. The third-order valence-corrected chi connectivity index (χ3v) is 7.36. The Bertz CT molecular complexity index is 2070. The zero-order valence-corrected chi connectivity index (χ0v) is 20.8. The van der Waals surface area contributed by atoms with E-state index in [4.69, 9.17) is 9.52 Å². The van der Waals surface area contributed by atoms with Crippen LogP contribution in [0, 0.1) is 12.7 Å². The molecule has 0 aliphatic rings. The molecule has 0 aliphatic carbocycles. The summed E-state index contributed by atoms with van der Waals surface area (Å²) >= 11 is 1.24. The standard InChI is InChI=1S/C29H18FN5O2S/c1-17-22-9-5-6-10-23(22)37-26(17)27-31-29-35(33-27)28(36)24(38-29)15-19-16-34(21-7-3-2-4-8-21)32-25(19)18-11-13-20(30)14-12-18/h2-16H,1H3. The van der Waals surface area contributed by atoms with Crippen molar-refractivity contribution in [1.82, 2.24) is 24.4 Å². The Balaban J connectivity index is 1.36. The van der Waals surface area contributed by atoms with E-state index in [2.05, 4.69) is 10.1 Å². The number of rotatable bonds is 4. The number of thiazole rings is 1. The Morgan fingerprint density at radius 2 is 1.71 bits per heavy atom. The Hall–Kier alpha value is -4.89. The fraction of sp³-hybridized carbons (Fsp3) is 0.0345. The average Bonchev–Trinajstić information content (AvgIpc) is 3.69. The molecule has 9 heteroatoms. The maximum atomic E-state index is 13.6. The van der Waals surface area contributed by atoms with Crippen LogP contribution in [0.15, 0.2) is 94.3 Å². The van der Waals surface area contributed by atoms with Crippen LogP contribution in [0.1, 0.15) is 11.1 Å². The number of fused-ring (bicyclic) bond motifs is 2. The van der Waals surface area contributed by atoms with Crippen LogP contribution in [0.4, 0.5) is 4.39 Å². The Morgan fingerprint density at radius 3 is 2.47 bits per heavy atom. The summed E-state index contributed by atoms with van der Waals surface area (Å²) < 4.78 is 23.1. The number of nitrogens with zero attached hydrogens (tertiary/aromatic N) is 5. The lowest BCUT2D eigenvalue weighted by Gasteiger charge is -2.00. The van der Waals surface area contributed by atoms with E-state index >= 15 is 0 Å². The van der Waals surface area contributed by atoms with Gasteiger partial charge in [0, 0.05) is 28.3 Å². The summed E-state index contributed by atoms with van der Waals surface area (Å²) in [6.07, 6.45) is 3.63. The van der Waals surface area contributed by atoms with E-state index in [1.165, 1.54) is 28.0 Å². The smallest absolute Gasteiger partial charge is 0.291 e. The molecule has 0 fully saturated rings. The average molecular weight is 520 g/mol. The first-order valence-corrected chi connectivity index (χ1v) is 12.7. The maximum Gasteiger partial charge on any atom is 0.291 e. The topological polar surface area (TPSA) is 78.2 Å². The number of hydrogen-bond acceptors (Lipinski definition) is 6. The number of aromatic nitrogens is 5. The van der Waals surface area contributed by atoms with Crippen LogP contribution in [0.3, 0.4) is 0 Å². The molecule has 0 aliphatic heterocycles. The predicted molar refractivity (Wildman–Crippen MR) is 145 cm³/mol. The van der Waals surface area contributed by atoms with Crippen LogP contribution in [0.2, 0.25) is 0 Å². The molecular weight excluding hydrogens is 501 g/mol. The van der Waals surface area contributed by atoms with Crippen LogP contribution < -0.4 is 10.1 Å². The first-order valence-electron chi connectivity index (χ1n) is 11.9. The van der Waals surface area contributed by atoms with Crippen molar-refractivity contribution in [1.29, 1.82) is 0 Å². The molecule has 0 N–H and O–H groups in total. The number of halogens is 1. The van der Waals surface area contributed by atoms with E-state index in [-0.39, 0.29) is 11.4 Å². The van der Waals surface area contributed by atoms with Crippen LogP contribution in [-0.2, 0) is 0 Å². The number of hydrogen-bond donors (Lipinski definition) is 0. The fourth-order valence-corrected chi connectivity index (χ4v) is 5.40. The minimum atomic E-state index is -0.329. The molecule has 4 aromatic heterocycles. The second-order valence-electron chi connectivity index (χ2n) is 8.82. The van der Waals surface area contributed by atoms with Crippen molar-refractivity contribution in [2.45, 2.75) is 6.92 Å². The molecule has 7 rings (SSSR count). The van der Waals surface area contributed by atoms with Crippen molar-refractivity contribution in [3.63, 3.8) is 0 Å². The summed E-state index contributed by atoms with van der Waals surface area (Å²) in [7, 11) is 0. The predicted octanol–water partition coefficient (Wildman–Crippen LogP) is 5.41. The van der Waals surface area contributed by atoms with Crippen LogP contribution in [-0.4, -0.2) is 24.4 Å². The lowest BCUT2D eigenvalue weighted by molar-refractivity contribution is 0.622. The first kappa shape index (κ1) is 22.3. The molecule has 7 aromatic rings. The molecule has 0 unspecified atom stereocenters. The van der Waals surface area contributed by atoms with Gasteiger partial charge >= 0.3 is 0 Å². The summed E-state index contributed by atoms with van der Waals surface area (Å²) in [4.78, 5) is 18.4. The highest BCUT2D eigenvalue weighted by Crippen LogP contribution is 2.31. The minimum absolute atomic E-state index is 0.282. The number of aryl methyl sites for hydroxylation is 1. The first-order chi connectivity index (χ1) is 18.5. The van der Waals surface area contributed by atoms with Gasteiger partial charge < -0.3 is 4.42 Å². The summed E-state index contributed by atoms with van der Waals surface area (Å²) in [5, 5.41) is 10.2. The zero-order valence-electron chi connectivity index (χ0n) is 20.0. The Morgan fingerprint density at radius 1 is 0.947 bits per heavy atom. The van der Waals surface area contributed by atoms with Crippen molar-refractivity contribution < 1.29 is 8.81 Å². The van der Waals surface area contributed by atoms with Gasteiger partial charge in [0.1, 0.15) is 17.1 Å². The van der Waals surface area contributed by atoms with Gasteiger partial charge in [-0.3, -0.25) is 4.79 Å². The van der Waals surface area contributed by atoms with Gasteiger partial charge in [-0.1, -0.05) is 47.7 Å². The SMILES string of the molecule is Cc1c(-c2nc3sc(=Cc4cn(-c5ccccc5)nc4-c4ccc(F)cc4)c(=O)n3n2)oc2ccccc12.